The first-order valence-corrected chi connectivity index (χ1v) is 6.06. The largest absolute Gasteiger partial charge is 0.375 e. The minimum atomic E-state index is 0.372. The van der Waals surface area contributed by atoms with E-state index in [1.807, 2.05) is 0 Å². The maximum Gasteiger partial charge on any atom is 0.0585 e. The zero-order valence-corrected chi connectivity index (χ0v) is 10.9. The molecule has 80 valence electrons. The van der Waals surface area contributed by atoms with E-state index >= 15 is 0 Å². The molecule has 0 N–H and O–H groups in total. The van der Waals surface area contributed by atoms with Crippen LogP contribution in [-0.2, 0) is 4.74 Å². The van der Waals surface area contributed by atoms with E-state index in [1.54, 1.807) is 0 Å². The zero-order chi connectivity index (χ0) is 10.5. The highest BCUT2D eigenvalue weighted by Crippen LogP contribution is 2.24. The molecule has 0 aliphatic carbocycles. The van der Waals surface area contributed by atoms with Crippen molar-refractivity contribution < 1.29 is 4.74 Å². The third kappa shape index (κ3) is 7.46. The van der Waals surface area contributed by atoms with Gasteiger partial charge < -0.3 is 4.74 Å². The highest BCUT2D eigenvalue weighted by atomic mass is 31.0. The number of hydrogen-bond donors (Lipinski definition) is 0. The molecule has 2 heteroatoms. The van der Waals surface area contributed by atoms with Crippen LogP contribution in [0.25, 0.3) is 0 Å². The van der Waals surface area contributed by atoms with Crippen molar-refractivity contribution in [1.82, 2.24) is 0 Å². The van der Waals surface area contributed by atoms with E-state index in [1.165, 1.54) is 0 Å². The van der Waals surface area contributed by atoms with Crippen molar-refractivity contribution in [2.45, 2.75) is 59.7 Å². The van der Waals surface area contributed by atoms with E-state index in [0.29, 0.717) is 17.6 Å². The maximum atomic E-state index is 5.90. The van der Waals surface area contributed by atoms with Crippen molar-refractivity contribution in [3.63, 3.8) is 0 Å². The fourth-order valence-electron chi connectivity index (χ4n) is 1.36. The van der Waals surface area contributed by atoms with E-state index in [4.69, 9.17) is 4.74 Å². The Morgan fingerprint density at radius 3 is 2.15 bits per heavy atom. The van der Waals surface area contributed by atoms with Gasteiger partial charge in [-0.25, -0.2) is 0 Å². The highest BCUT2D eigenvalue weighted by molar-refractivity contribution is 7.16. The summed E-state index contributed by atoms with van der Waals surface area (Å²) in [6.07, 6.45) is 4.10. The van der Waals surface area contributed by atoms with Gasteiger partial charge in [-0.05, 0) is 31.3 Å². The van der Waals surface area contributed by atoms with Crippen molar-refractivity contribution in [2.75, 3.05) is 6.16 Å². The molecule has 0 aliphatic rings. The molecule has 3 atom stereocenters. The second-order valence-electron chi connectivity index (χ2n) is 4.98. The summed E-state index contributed by atoms with van der Waals surface area (Å²) in [6, 6.07) is 0. The first kappa shape index (κ1) is 13.4. The van der Waals surface area contributed by atoms with Crippen LogP contribution in [0.3, 0.4) is 0 Å². The summed E-state index contributed by atoms with van der Waals surface area (Å²) in [5.41, 5.74) is 0.376. The van der Waals surface area contributed by atoms with E-state index in [9.17, 15) is 0 Å². The first-order valence-electron chi connectivity index (χ1n) is 5.24. The van der Waals surface area contributed by atoms with Gasteiger partial charge in [0.05, 0.1) is 12.2 Å². The van der Waals surface area contributed by atoms with Gasteiger partial charge in [-0.1, -0.05) is 27.7 Å². The fourth-order valence-corrected chi connectivity index (χ4v) is 1.47. The summed E-state index contributed by atoms with van der Waals surface area (Å²) in [5, 5.41) is 0. The number of rotatable bonds is 5. The molecule has 0 heterocycles. The van der Waals surface area contributed by atoms with Gasteiger partial charge in [0.25, 0.3) is 0 Å². The molecule has 0 bridgehead atoms. The van der Waals surface area contributed by atoms with Crippen LogP contribution in [0.5, 0.6) is 0 Å². The van der Waals surface area contributed by atoms with E-state index in [-0.39, 0.29) is 0 Å². The lowest BCUT2D eigenvalue weighted by molar-refractivity contribution is -0.0131. The van der Waals surface area contributed by atoms with Crippen molar-refractivity contribution in [2.24, 2.45) is 5.41 Å². The molecule has 0 amide bonds. The summed E-state index contributed by atoms with van der Waals surface area (Å²) < 4.78 is 5.90. The lowest BCUT2D eigenvalue weighted by Crippen LogP contribution is -2.25. The smallest absolute Gasteiger partial charge is 0.0585 e. The van der Waals surface area contributed by atoms with Gasteiger partial charge >= 0.3 is 0 Å². The average molecular weight is 204 g/mol. The lowest BCUT2D eigenvalue weighted by atomic mass is 9.88. The van der Waals surface area contributed by atoms with Crippen LogP contribution in [0.15, 0.2) is 0 Å². The Bertz CT molecular complexity index is 129. The zero-order valence-electron chi connectivity index (χ0n) is 9.76. The SMILES string of the molecule is CCC(CC(C)(C)C)OC(C)CP. The van der Waals surface area contributed by atoms with Gasteiger partial charge in [-0.2, -0.15) is 0 Å². The normalized spacial score (nSPS) is 17.1. The topological polar surface area (TPSA) is 9.23 Å². The van der Waals surface area contributed by atoms with Gasteiger partial charge in [0, 0.05) is 0 Å². The fraction of sp³-hybridized carbons (Fsp3) is 1.00. The van der Waals surface area contributed by atoms with Crippen molar-refractivity contribution in [3.05, 3.63) is 0 Å². The second-order valence-corrected chi connectivity index (χ2v) is 5.45. The van der Waals surface area contributed by atoms with Crippen LogP contribution < -0.4 is 0 Å². The molecular weight excluding hydrogens is 179 g/mol. The molecule has 3 unspecified atom stereocenters. The molecule has 0 saturated carbocycles. The molecular formula is C11H25OP. The third-order valence-electron chi connectivity index (χ3n) is 2.05. The Labute approximate surface area is 85.8 Å². The molecule has 0 aliphatic heterocycles. The summed E-state index contributed by atoms with van der Waals surface area (Å²) in [4.78, 5) is 0. The van der Waals surface area contributed by atoms with E-state index in [0.717, 1.165) is 19.0 Å². The number of hydrogen-bond acceptors (Lipinski definition) is 1. The van der Waals surface area contributed by atoms with Crippen LogP contribution in [0.4, 0.5) is 0 Å². The van der Waals surface area contributed by atoms with E-state index in [2.05, 4.69) is 43.9 Å². The van der Waals surface area contributed by atoms with Crippen LogP contribution >= 0.6 is 9.24 Å². The Hall–Kier alpha value is 0.390. The summed E-state index contributed by atoms with van der Waals surface area (Å²) in [6.45, 7) is 11.1. The lowest BCUT2D eigenvalue weighted by Gasteiger charge is -2.27. The minimum absolute atomic E-state index is 0.372. The molecule has 13 heavy (non-hydrogen) atoms. The van der Waals surface area contributed by atoms with Crippen LogP contribution in [0.2, 0.25) is 0 Å². The van der Waals surface area contributed by atoms with Crippen molar-refractivity contribution in [3.8, 4) is 0 Å². The summed E-state index contributed by atoms with van der Waals surface area (Å²) in [7, 11) is 2.73. The molecule has 0 radical (unpaired) electrons. The van der Waals surface area contributed by atoms with E-state index < -0.39 is 0 Å². The standard InChI is InChI=1S/C11H25OP/c1-6-10(7-11(3,4)5)12-9(2)8-13/h9-10H,6-8,13H2,1-5H3. The monoisotopic (exact) mass is 204 g/mol. The summed E-state index contributed by atoms with van der Waals surface area (Å²) in [5.74, 6) is 0. The second kappa shape index (κ2) is 5.98. The van der Waals surface area contributed by atoms with Gasteiger partial charge in [0.2, 0.25) is 0 Å². The minimum Gasteiger partial charge on any atom is -0.375 e. The Morgan fingerprint density at radius 1 is 1.31 bits per heavy atom. The molecule has 0 aromatic carbocycles. The van der Waals surface area contributed by atoms with Gasteiger partial charge in [-0.3, -0.25) is 0 Å². The number of ether oxygens (including phenoxy) is 1. The van der Waals surface area contributed by atoms with Crippen molar-refractivity contribution >= 4 is 9.24 Å². The molecule has 0 saturated heterocycles. The van der Waals surface area contributed by atoms with Crippen LogP contribution in [0.1, 0.15) is 47.5 Å². The third-order valence-corrected chi connectivity index (χ3v) is 2.72. The van der Waals surface area contributed by atoms with Crippen molar-refractivity contribution in [1.29, 1.82) is 0 Å². The Balaban J connectivity index is 3.89. The van der Waals surface area contributed by atoms with Crippen LogP contribution in [0, 0.1) is 5.41 Å². The maximum absolute atomic E-state index is 5.90. The predicted octanol–water partition coefficient (Wildman–Crippen LogP) is 3.48. The van der Waals surface area contributed by atoms with Gasteiger partial charge in [0.15, 0.2) is 0 Å². The summed E-state index contributed by atoms with van der Waals surface area (Å²) >= 11 is 0. The van der Waals surface area contributed by atoms with Gasteiger partial charge in [0.1, 0.15) is 0 Å². The molecule has 0 spiro atoms. The highest BCUT2D eigenvalue weighted by Gasteiger charge is 2.19. The Kier molecular flexibility index (Phi) is 6.16. The van der Waals surface area contributed by atoms with Gasteiger partial charge in [-0.15, -0.1) is 9.24 Å². The predicted molar refractivity (Wildman–Crippen MR) is 63.3 cm³/mol. The average Bonchev–Trinajstić information content (AvgIpc) is 2.00. The molecule has 1 nitrogen and oxygen atoms in total. The van der Waals surface area contributed by atoms with Crippen LogP contribution in [-0.4, -0.2) is 18.4 Å². The Morgan fingerprint density at radius 2 is 1.85 bits per heavy atom. The first-order chi connectivity index (χ1) is 5.89. The molecule has 0 aromatic heterocycles. The quantitative estimate of drug-likeness (QED) is 0.623. The molecule has 0 rings (SSSR count). The molecule has 0 fully saturated rings. The molecule has 0 aromatic rings.